The van der Waals surface area contributed by atoms with Crippen molar-refractivity contribution < 1.29 is 24.2 Å². The summed E-state index contributed by atoms with van der Waals surface area (Å²) >= 11 is 0. The Morgan fingerprint density at radius 3 is 2.09 bits per heavy atom. The van der Waals surface area contributed by atoms with Gasteiger partial charge in [-0.15, -0.1) is 0 Å². The standard InChI is InChI=1S/C25H30N2O5/c1-3-9-22(24(29)30)27-23(28)14-16(4-2)26-25(31)32-15-21-19-12-7-5-10-17(19)18-11-6-8-13-20(18)21/h5-8,10-13,16,21-22H,3-4,9,14-15H2,1-2H3,(H,26,31)(H,27,28)(H,29,30)/t16-,22-/m1/s1. The Kier molecular flexibility index (Phi) is 7.87. The maximum atomic E-state index is 12.4. The second-order valence-corrected chi connectivity index (χ2v) is 8.03. The van der Waals surface area contributed by atoms with E-state index in [1.165, 1.54) is 0 Å². The number of hydrogen-bond acceptors (Lipinski definition) is 4. The predicted molar refractivity (Wildman–Crippen MR) is 121 cm³/mol. The normalized spacial score (nSPS) is 14.1. The molecule has 0 radical (unpaired) electrons. The number of carbonyl (C=O) groups is 3. The lowest BCUT2D eigenvalue weighted by Crippen LogP contribution is -2.44. The van der Waals surface area contributed by atoms with Gasteiger partial charge in [0.1, 0.15) is 12.6 Å². The molecule has 2 aromatic rings. The number of carbonyl (C=O) groups excluding carboxylic acids is 2. The first-order valence-corrected chi connectivity index (χ1v) is 11.1. The molecule has 2 aromatic carbocycles. The summed E-state index contributed by atoms with van der Waals surface area (Å²) in [4.78, 5) is 35.9. The van der Waals surface area contributed by atoms with Crippen LogP contribution in [0, 0.1) is 0 Å². The van der Waals surface area contributed by atoms with Gasteiger partial charge in [0, 0.05) is 18.4 Å². The number of ether oxygens (including phenoxy) is 1. The lowest BCUT2D eigenvalue weighted by molar-refractivity contribution is -0.142. The highest BCUT2D eigenvalue weighted by Gasteiger charge is 2.29. The predicted octanol–water partition coefficient (Wildman–Crippen LogP) is 4.06. The van der Waals surface area contributed by atoms with Gasteiger partial charge in [-0.1, -0.05) is 68.8 Å². The number of rotatable bonds is 10. The van der Waals surface area contributed by atoms with E-state index < -0.39 is 30.1 Å². The smallest absolute Gasteiger partial charge is 0.407 e. The summed E-state index contributed by atoms with van der Waals surface area (Å²) in [6.07, 6.45) is 0.927. The average molecular weight is 439 g/mol. The van der Waals surface area contributed by atoms with E-state index in [2.05, 4.69) is 34.9 Å². The third-order valence-electron chi connectivity index (χ3n) is 5.80. The Bertz CT molecular complexity index is 929. The number of amides is 2. The fourth-order valence-electron chi connectivity index (χ4n) is 4.13. The Morgan fingerprint density at radius 2 is 1.56 bits per heavy atom. The van der Waals surface area contributed by atoms with Gasteiger partial charge in [-0.05, 0) is 35.1 Å². The molecule has 0 bridgehead atoms. The van der Waals surface area contributed by atoms with E-state index in [0.717, 1.165) is 22.3 Å². The largest absolute Gasteiger partial charge is 0.480 e. The van der Waals surface area contributed by atoms with E-state index in [1.807, 2.05) is 38.1 Å². The minimum absolute atomic E-state index is 0.00576. The minimum atomic E-state index is -1.06. The molecule has 0 aliphatic heterocycles. The van der Waals surface area contributed by atoms with E-state index in [0.29, 0.717) is 19.3 Å². The fourth-order valence-corrected chi connectivity index (χ4v) is 4.13. The Labute approximate surface area is 188 Å². The van der Waals surface area contributed by atoms with Crippen molar-refractivity contribution >= 4 is 18.0 Å². The molecule has 0 fully saturated rings. The van der Waals surface area contributed by atoms with Crippen molar-refractivity contribution in [1.82, 2.24) is 10.6 Å². The van der Waals surface area contributed by atoms with Crippen LogP contribution in [0.1, 0.15) is 56.6 Å². The monoisotopic (exact) mass is 438 g/mol. The zero-order valence-electron chi connectivity index (χ0n) is 18.5. The van der Waals surface area contributed by atoms with Crippen LogP contribution in [0.25, 0.3) is 11.1 Å². The van der Waals surface area contributed by atoms with E-state index >= 15 is 0 Å². The fraction of sp³-hybridized carbons (Fsp3) is 0.400. The summed E-state index contributed by atoms with van der Waals surface area (Å²) in [7, 11) is 0. The van der Waals surface area contributed by atoms with Crippen molar-refractivity contribution in [1.29, 1.82) is 0 Å². The second-order valence-electron chi connectivity index (χ2n) is 8.03. The molecule has 2 amide bonds. The van der Waals surface area contributed by atoms with Crippen molar-refractivity contribution in [3.05, 3.63) is 59.7 Å². The third-order valence-corrected chi connectivity index (χ3v) is 5.80. The molecule has 170 valence electrons. The number of carboxylic acid groups (broad SMARTS) is 1. The average Bonchev–Trinajstić information content (AvgIpc) is 3.10. The molecule has 3 rings (SSSR count). The third kappa shape index (κ3) is 5.46. The number of nitrogens with one attached hydrogen (secondary N) is 2. The summed E-state index contributed by atoms with van der Waals surface area (Å²) in [6.45, 7) is 3.90. The number of alkyl carbamates (subject to hydrolysis) is 1. The van der Waals surface area contributed by atoms with Crippen LogP contribution in [0.4, 0.5) is 4.79 Å². The Morgan fingerprint density at radius 1 is 0.969 bits per heavy atom. The van der Waals surface area contributed by atoms with Crippen LogP contribution in [0.15, 0.2) is 48.5 Å². The molecular formula is C25H30N2O5. The molecular weight excluding hydrogens is 408 g/mol. The summed E-state index contributed by atoms with van der Waals surface area (Å²) in [5.74, 6) is -1.50. The van der Waals surface area contributed by atoms with Gasteiger partial charge < -0.3 is 20.5 Å². The van der Waals surface area contributed by atoms with Gasteiger partial charge in [-0.2, -0.15) is 0 Å². The molecule has 0 spiro atoms. The maximum Gasteiger partial charge on any atom is 0.407 e. The van der Waals surface area contributed by atoms with Crippen molar-refractivity contribution in [3.8, 4) is 11.1 Å². The zero-order valence-corrected chi connectivity index (χ0v) is 18.5. The van der Waals surface area contributed by atoms with Crippen LogP contribution in [0.3, 0.4) is 0 Å². The summed E-state index contributed by atoms with van der Waals surface area (Å²) in [5.41, 5.74) is 4.56. The van der Waals surface area contributed by atoms with Crippen molar-refractivity contribution in [3.63, 3.8) is 0 Å². The van der Waals surface area contributed by atoms with Crippen LogP contribution >= 0.6 is 0 Å². The summed E-state index contributed by atoms with van der Waals surface area (Å²) < 4.78 is 5.54. The molecule has 1 aliphatic rings. The van der Waals surface area contributed by atoms with Crippen molar-refractivity contribution in [2.24, 2.45) is 0 Å². The van der Waals surface area contributed by atoms with Crippen LogP contribution in [0.5, 0.6) is 0 Å². The summed E-state index contributed by atoms with van der Waals surface area (Å²) in [5, 5.41) is 14.5. The number of fused-ring (bicyclic) bond motifs is 3. The van der Waals surface area contributed by atoms with E-state index in [-0.39, 0.29) is 18.9 Å². The molecule has 1 aliphatic carbocycles. The van der Waals surface area contributed by atoms with Gasteiger partial charge in [0.05, 0.1) is 0 Å². The molecule has 7 nitrogen and oxygen atoms in total. The Hall–Kier alpha value is -3.35. The SMILES string of the molecule is CCC[C@@H](NC(=O)C[C@@H](CC)NC(=O)OCC1c2ccccc2-c2ccccc21)C(=O)O. The molecule has 0 aromatic heterocycles. The van der Waals surface area contributed by atoms with E-state index in [1.54, 1.807) is 0 Å². The molecule has 0 saturated carbocycles. The molecule has 0 heterocycles. The van der Waals surface area contributed by atoms with Crippen molar-refractivity contribution in [2.75, 3.05) is 6.61 Å². The van der Waals surface area contributed by atoms with Gasteiger partial charge in [0.25, 0.3) is 0 Å². The number of benzene rings is 2. The Balaban J connectivity index is 1.56. The molecule has 0 unspecified atom stereocenters. The number of hydrogen-bond donors (Lipinski definition) is 3. The van der Waals surface area contributed by atoms with Crippen LogP contribution in [0.2, 0.25) is 0 Å². The lowest BCUT2D eigenvalue weighted by Gasteiger charge is -2.20. The first-order valence-electron chi connectivity index (χ1n) is 11.1. The van der Waals surface area contributed by atoms with Gasteiger partial charge in [-0.25, -0.2) is 9.59 Å². The highest BCUT2D eigenvalue weighted by molar-refractivity contribution is 5.84. The molecule has 2 atom stereocenters. The molecule has 3 N–H and O–H groups in total. The molecule has 0 saturated heterocycles. The van der Waals surface area contributed by atoms with Gasteiger partial charge in [0.15, 0.2) is 0 Å². The quantitative estimate of drug-likeness (QED) is 0.519. The second kappa shape index (κ2) is 10.8. The number of carboxylic acids is 1. The molecule has 32 heavy (non-hydrogen) atoms. The highest BCUT2D eigenvalue weighted by atomic mass is 16.5. The van der Waals surface area contributed by atoms with E-state index in [9.17, 15) is 19.5 Å². The first kappa shape index (κ1) is 23.3. The minimum Gasteiger partial charge on any atom is -0.480 e. The number of aliphatic carboxylic acids is 1. The lowest BCUT2D eigenvalue weighted by atomic mass is 9.98. The van der Waals surface area contributed by atoms with Gasteiger partial charge in [0.2, 0.25) is 5.91 Å². The van der Waals surface area contributed by atoms with Crippen molar-refractivity contribution in [2.45, 2.75) is 57.5 Å². The summed E-state index contributed by atoms with van der Waals surface area (Å²) in [6, 6.07) is 14.8. The van der Waals surface area contributed by atoms with Crippen LogP contribution in [-0.4, -0.2) is 41.8 Å². The van der Waals surface area contributed by atoms with Crippen LogP contribution < -0.4 is 10.6 Å². The topological polar surface area (TPSA) is 105 Å². The highest BCUT2D eigenvalue weighted by Crippen LogP contribution is 2.44. The zero-order chi connectivity index (χ0) is 23.1. The van der Waals surface area contributed by atoms with E-state index in [4.69, 9.17) is 4.74 Å². The maximum absolute atomic E-state index is 12.4. The molecule has 7 heteroatoms. The first-order chi connectivity index (χ1) is 15.4. The van der Waals surface area contributed by atoms with Gasteiger partial charge in [-0.3, -0.25) is 4.79 Å². The van der Waals surface area contributed by atoms with Crippen LogP contribution in [-0.2, 0) is 14.3 Å². The van der Waals surface area contributed by atoms with Gasteiger partial charge >= 0.3 is 12.1 Å².